The van der Waals surface area contributed by atoms with Crippen molar-refractivity contribution in [3.8, 4) is 5.75 Å². The molecule has 23 heavy (non-hydrogen) atoms. The van der Waals surface area contributed by atoms with Crippen LogP contribution in [0.4, 0.5) is 0 Å². The zero-order chi connectivity index (χ0) is 16.8. The third-order valence-electron chi connectivity index (χ3n) is 3.20. The van der Waals surface area contributed by atoms with E-state index in [1.807, 2.05) is 31.3 Å². The third-order valence-corrected chi connectivity index (χ3v) is 3.69. The summed E-state index contributed by atoms with van der Waals surface area (Å²) in [6.07, 6.45) is 3.64. The Kier molecular flexibility index (Phi) is 5.98. The van der Waals surface area contributed by atoms with Crippen LogP contribution in [0.15, 0.2) is 46.1 Å². The number of benzene rings is 1. The van der Waals surface area contributed by atoms with Gasteiger partial charge in [0.05, 0.1) is 6.21 Å². The summed E-state index contributed by atoms with van der Waals surface area (Å²) in [5.41, 5.74) is 4.57. The Hall–Kier alpha value is -2.08. The number of hydrogen-bond donors (Lipinski definition) is 1. The molecule has 122 valence electrons. The molecule has 0 fully saturated rings. The Balaban J connectivity index is 1.83. The summed E-state index contributed by atoms with van der Waals surface area (Å²) in [6, 6.07) is 9.74. The van der Waals surface area contributed by atoms with Gasteiger partial charge in [-0.15, -0.1) is 0 Å². The molecule has 2 aromatic rings. The lowest BCUT2D eigenvalue weighted by molar-refractivity contribution is -0.123. The maximum atomic E-state index is 11.7. The van der Waals surface area contributed by atoms with Crippen LogP contribution in [0.3, 0.4) is 0 Å². The molecule has 6 heteroatoms. The van der Waals surface area contributed by atoms with Crippen molar-refractivity contribution in [1.82, 2.24) is 9.99 Å². The van der Waals surface area contributed by atoms with Gasteiger partial charge < -0.3 is 9.30 Å². The second-order valence-electron chi connectivity index (χ2n) is 5.46. The summed E-state index contributed by atoms with van der Waals surface area (Å²) in [5, 5.41) is 3.96. The van der Waals surface area contributed by atoms with E-state index in [0.29, 0.717) is 11.8 Å². The third kappa shape index (κ3) is 5.25. The number of ether oxygens (including phenoxy) is 1. The average Bonchev–Trinajstić information content (AvgIpc) is 2.86. The molecular weight excluding hydrogens is 358 g/mol. The highest BCUT2D eigenvalue weighted by Gasteiger charge is 2.04. The first-order valence-corrected chi connectivity index (χ1v) is 8.14. The van der Waals surface area contributed by atoms with Gasteiger partial charge in [-0.05, 0) is 45.0 Å². The Labute approximate surface area is 144 Å². The van der Waals surface area contributed by atoms with Gasteiger partial charge in [-0.2, -0.15) is 5.10 Å². The molecular formula is C17H20BrN3O2. The van der Waals surface area contributed by atoms with E-state index in [1.165, 1.54) is 0 Å². The smallest absolute Gasteiger partial charge is 0.277 e. The summed E-state index contributed by atoms with van der Waals surface area (Å²) >= 11 is 3.35. The van der Waals surface area contributed by atoms with Crippen LogP contribution in [0.2, 0.25) is 0 Å². The van der Waals surface area contributed by atoms with E-state index in [9.17, 15) is 4.79 Å². The number of hydrazone groups is 1. The van der Waals surface area contributed by atoms with Crippen molar-refractivity contribution < 1.29 is 9.53 Å². The number of rotatable bonds is 6. The van der Waals surface area contributed by atoms with Crippen LogP contribution in [-0.2, 0) is 4.79 Å². The van der Waals surface area contributed by atoms with E-state index in [2.05, 4.69) is 44.9 Å². The lowest BCUT2D eigenvalue weighted by Crippen LogP contribution is -2.24. The maximum absolute atomic E-state index is 11.7. The number of nitrogens with zero attached hydrogens (tertiary/aromatic N) is 2. The zero-order valence-corrected chi connectivity index (χ0v) is 15.0. The summed E-state index contributed by atoms with van der Waals surface area (Å²) in [4.78, 5) is 11.7. The SMILES string of the molecule is Cc1cc(/C=N/NC(=O)COc2cccc(Br)c2)cn1C(C)C. The molecule has 2 rings (SSSR count). The number of halogens is 1. The molecule has 1 heterocycles. The zero-order valence-electron chi connectivity index (χ0n) is 13.4. The van der Waals surface area contributed by atoms with E-state index in [0.717, 1.165) is 15.7 Å². The van der Waals surface area contributed by atoms with Crippen LogP contribution in [0.25, 0.3) is 0 Å². The van der Waals surface area contributed by atoms with Gasteiger partial charge in [-0.25, -0.2) is 5.43 Å². The first-order chi connectivity index (χ1) is 11.0. The number of aryl methyl sites for hydroxylation is 1. The highest BCUT2D eigenvalue weighted by molar-refractivity contribution is 9.10. The molecule has 0 aliphatic heterocycles. The molecule has 5 nitrogen and oxygen atoms in total. The van der Waals surface area contributed by atoms with E-state index >= 15 is 0 Å². The first-order valence-electron chi connectivity index (χ1n) is 7.34. The lowest BCUT2D eigenvalue weighted by Gasteiger charge is -2.08. The number of carbonyl (C=O) groups is 1. The van der Waals surface area contributed by atoms with Crippen molar-refractivity contribution in [3.63, 3.8) is 0 Å². The molecule has 0 radical (unpaired) electrons. The number of nitrogens with one attached hydrogen (secondary N) is 1. The Morgan fingerprint density at radius 1 is 1.43 bits per heavy atom. The molecule has 1 N–H and O–H groups in total. The van der Waals surface area contributed by atoms with Crippen molar-refractivity contribution in [2.45, 2.75) is 26.8 Å². The Morgan fingerprint density at radius 3 is 2.87 bits per heavy atom. The fourth-order valence-corrected chi connectivity index (χ4v) is 2.54. The predicted molar refractivity (Wildman–Crippen MR) is 94.9 cm³/mol. The molecule has 0 aliphatic rings. The standard InChI is InChI=1S/C17H20BrN3O2/c1-12(2)21-10-14(7-13(21)3)9-19-20-17(22)11-23-16-6-4-5-15(18)8-16/h4-10,12H,11H2,1-3H3,(H,20,22)/b19-9+. The predicted octanol–water partition coefficient (Wildman–Crippen LogP) is 3.67. The summed E-state index contributed by atoms with van der Waals surface area (Å²) in [5.74, 6) is 0.323. The highest BCUT2D eigenvalue weighted by Crippen LogP contribution is 2.17. The molecule has 0 saturated carbocycles. The van der Waals surface area contributed by atoms with E-state index < -0.39 is 0 Å². The van der Waals surface area contributed by atoms with Crippen molar-refractivity contribution >= 4 is 28.1 Å². The number of carbonyl (C=O) groups excluding carboxylic acids is 1. The van der Waals surface area contributed by atoms with Crippen molar-refractivity contribution in [2.75, 3.05) is 6.61 Å². The fourth-order valence-electron chi connectivity index (χ4n) is 2.16. The topological polar surface area (TPSA) is 55.6 Å². The van der Waals surface area contributed by atoms with Crippen molar-refractivity contribution in [1.29, 1.82) is 0 Å². The van der Waals surface area contributed by atoms with Gasteiger partial charge in [0.2, 0.25) is 0 Å². The summed E-state index contributed by atoms with van der Waals surface area (Å²) < 4.78 is 8.44. The molecule has 1 amide bonds. The van der Waals surface area contributed by atoms with Crippen molar-refractivity contribution in [2.24, 2.45) is 5.10 Å². The average molecular weight is 378 g/mol. The van der Waals surface area contributed by atoms with Gasteiger partial charge in [-0.3, -0.25) is 4.79 Å². The molecule has 0 unspecified atom stereocenters. The van der Waals surface area contributed by atoms with Crippen LogP contribution >= 0.6 is 15.9 Å². The van der Waals surface area contributed by atoms with E-state index in [-0.39, 0.29) is 12.5 Å². The van der Waals surface area contributed by atoms with Gasteiger partial charge >= 0.3 is 0 Å². The van der Waals surface area contributed by atoms with Crippen LogP contribution < -0.4 is 10.2 Å². The molecule has 0 aliphatic carbocycles. The van der Waals surface area contributed by atoms with Crippen molar-refractivity contribution in [3.05, 3.63) is 52.3 Å². The highest BCUT2D eigenvalue weighted by atomic mass is 79.9. The van der Waals surface area contributed by atoms with Gasteiger partial charge in [0.15, 0.2) is 6.61 Å². The number of amides is 1. The van der Waals surface area contributed by atoms with Crippen LogP contribution in [-0.4, -0.2) is 23.3 Å². The van der Waals surface area contributed by atoms with Crippen LogP contribution in [0, 0.1) is 6.92 Å². The monoisotopic (exact) mass is 377 g/mol. The maximum Gasteiger partial charge on any atom is 0.277 e. The molecule has 0 saturated heterocycles. The fraction of sp³-hybridized carbons (Fsp3) is 0.294. The largest absolute Gasteiger partial charge is 0.484 e. The summed E-state index contributed by atoms with van der Waals surface area (Å²) in [7, 11) is 0. The minimum absolute atomic E-state index is 0.0835. The van der Waals surface area contributed by atoms with Crippen LogP contribution in [0.1, 0.15) is 31.1 Å². The van der Waals surface area contributed by atoms with Gasteiger partial charge in [0.1, 0.15) is 5.75 Å². The van der Waals surface area contributed by atoms with Crippen LogP contribution in [0.5, 0.6) is 5.75 Å². The van der Waals surface area contributed by atoms with E-state index in [4.69, 9.17) is 4.74 Å². The lowest BCUT2D eigenvalue weighted by atomic mass is 10.3. The Morgan fingerprint density at radius 2 is 2.22 bits per heavy atom. The number of hydrogen-bond acceptors (Lipinski definition) is 3. The van der Waals surface area contributed by atoms with Gasteiger partial charge in [-0.1, -0.05) is 22.0 Å². The summed E-state index contributed by atoms with van der Waals surface area (Å²) in [6.45, 7) is 6.20. The minimum atomic E-state index is -0.304. The van der Waals surface area contributed by atoms with E-state index in [1.54, 1.807) is 18.3 Å². The second kappa shape index (κ2) is 7.97. The second-order valence-corrected chi connectivity index (χ2v) is 6.37. The quantitative estimate of drug-likeness (QED) is 0.616. The first kappa shape index (κ1) is 17.3. The normalized spacial score (nSPS) is 11.2. The molecule has 0 atom stereocenters. The number of aromatic nitrogens is 1. The van der Waals surface area contributed by atoms with Gasteiger partial charge in [0, 0.05) is 28.0 Å². The molecule has 0 bridgehead atoms. The Bertz CT molecular complexity index is 708. The molecule has 1 aromatic heterocycles. The molecule has 0 spiro atoms. The molecule has 1 aromatic carbocycles. The minimum Gasteiger partial charge on any atom is -0.484 e. The van der Waals surface area contributed by atoms with Gasteiger partial charge in [0.25, 0.3) is 5.91 Å².